The van der Waals surface area contributed by atoms with Crippen molar-refractivity contribution in [3.05, 3.63) is 28.4 Å². The van der Waals surface area contributed by atoms with E-state index in [1.807, 2.05) is 10.6 Å². The minimum atomic E-state index is -0.368. The highest BCUT2D eigenvalue weighted by Crippen LogP contribution is 2.22. The van der Waals surface area contributed by atoms with Gasteiger partial charge >= 0.3 is 5.97 Å². The van der Waals surface area contributed by atoms with Gasteiger partial charge in [-0.1, -0.05) is 13.3 Å². The Morgan fingerprint density at radius 1 is 1.42 bits per heavy atom. The third-order valence-electron chi connectivity index (χ3n) is 3.63. The van der Waals surface area contributed by atoms with E-state index in [0.29, 0.717) is 17.7 Å². The van der Waals surface area contributed by atoms with Crippen LogP contribution in [0.15, 0.2) is 6.07 Å². The molecule has 0 radical (unpaired) electrons. The van der Waals surface area contributed by atoms with Crippen molar-refractivity contribution in [2.45, 2.75) is 52.5 Å². The van der Waals surface area contributed by atoms with Crippen molar-refractivity contribution >= 4 is 5.97 Å². The molecule has 0 saturated carbocycles. The fourth-order valence-electron chi connectivity index (χ4n) is 2.67. The molecule has 4 nitrogen and oxygen atoms in total. The summed E-state index contributed by atoms with van der Waals surface area (Å²) in [4.78, 5) is 11.9. The van der Waals surface area contributed by atoms with E-state index in [4.69, 9.17) is 10.1 Å². The molecule has 0 bridgehead atoms. The van der Waals surface area contributed by atoms with Crippen molar-refractivity contribution in [2.75, 3.05) is 6.61 Å². The Bertz CT molecular complexity index is 532. The normalized spacial score (nSPS) is 13.4. The molecule has 1 aromatic rings. The summed E-state index contributed by atoms with van der Waals surface area (Å²) in [7, 11) is 0. The summed E-state index contributed by atoms with van der Waals surface area (Å²) in [5.74, 6) is -0.368. The molecule has 2 rings (SSSR count). The van der Waals surface area contributed by atoms with Gasteiger partial charge in [0.2, 0.25) is 0 Å². The molecule has 1 aliphatic carbocycles. The lowest BCUT2D eigenvalue weighted by Crippen LogP contribution is -2.30. The number of esters is 1. The SMILES string of the molecule is CCCCn1c2c(cc(C(=O)OCC)c1=N)CCC2. The molecule has 0 atom stereocenters. The molecular weight excluding hydrogens is 240 g/mol. The Morgan fingerprint density at radius 2 is 2.21 bits per heavy atom. The van der Waals surface area contributed by atoms with Crippen LogP contribution in [0, 0.1) is 5.41 Å². The number of hydrogen-bond donors (Lipinski definition) is 1. The van der Waals surface area contributed by atoms with E-state index in [9.17, 15) is 4.79 Å². The average molecular weight is 262 g/mol. The summed E-state index contributed by atoms with van der Waals surface area (Å²) >= 11 is 0. The molecular formula is C15H22N2O2. The monoisotopic (exact) mass is 262 g/mol. The van der Waals surface area contributed by atoms with Gasteiger partial charge in [0.1, 0.15) is 11.1 Å². The van der Waals surface area contributed by atoms with Gasteiger partial charge in [0.05, 0.1) is 6.61 Å². The molecule has 19 heavy (non-hydrogen) atoms. The molecule has 0 aromatic carbocycles. The lowest BCUT2D eigenvalue weighted by atomic mass is 10.1. The number of unbranched alkanes of at least 4 members (excludes halogenated alkanes) is 1. The molecule has 1 aliphatic rings. The highest BCUT2D eigenvalue weighted by molar-refractivity contribution is 5.89. The molecule has 0 spiro atoms. The predicted molar refractivity (Wildman–Crippen MR) is 73.2 cm³/mol. The minimum Gasteiger partial charge on any atom is -0.462 e. The van der Waals surface area contributed by atoms with Crippen LogP contribution in [0.1, 0.15) is 54.7 Å². The van der Waals surface area contributed by atoms with Crippen molar-refractivity contribution < 1.29 is 9.53 Å². The molecule has 0 aliphatic heterocycles. The van der Waals surface area contributed by atoms with Crippen LogP contribution >= 0.6 is 0 Å². The van der Waals surface area contributed by atoms with Gasteiger partial charge in [0.25, 0.3) is 0 Å². The zero-order valence-electron chi connectivity index (χ0n) is 11.8. The summed E-state index contributed by atoms with van der Waals surface area (Å²) in [5, 5.41) is 8.26. The average Bonchev–Trinajstić information content (AvgIpc) is 2.85. The zero-order valence-corrected chi connectivity index (χ0v) is 11.8. The number of fused-ring (bicyclic) bond motifs is 1. The molecule has 0 saturated heterocycles. The fraction of sp³-hybridized carbons (Fsp3) is 0.600. The van der Waals surface area contributed by atoms with E-state index >= 15 is 0 Å². The summed E-state index contributed by atoms with van der Waals surface area (Å²) in [6.45, 7) is 5.11. The van der Waals surface area contributed by atoms with Crippen LogP contribution in [0.4, 0.5) is 0 Å². The van der Waals surface area contributed by atoms with Crippen LogP contribution in [0.2, 0.25) is 0 Å². The van der Waals surface area contributed by atoms with Crippen LogP contribution in [0.3, 0.4) is 0 Å². The van der Waals surface area contributed by atoms with Crippen LogP contribution in [-0.4, -0.2) is 17.1 Å². The summed E-state index contributed by atoms with van der Waals surface area (Å²) in [6, 6.07) is 1.87. The maximum Gasteiger partial charge on any atom is 0.341 e. The van der Waals surface area contributed by atoms with Gasteiger partial charge in [0, 0.05) is 12.2 Å². The number of hydrogen-bond acceptors (Lipinski definition) is 3. The quantitative estimate of drug-likeness (QED) is 0.829. The first-order valence-electron chi connectivity index (χ1n) is 7.16. The molecule has 1 heterocycles. The van der Waals surface area contributed by atoms with Crippen molar-refractivity contribution in [2.24, 2.45) is 0 Å². The topological polar surface area (TPSA) is 55.1 Å². The van der Waals surface area contributed by atoms with Crippen LogP contribution in [-0.2, 0) is 24.1 Å². The smallest absolute Gasteiger partial charge is 0.341 e. The second-order valence-corrected chi connectivity index (χ2v) is 4.96. The molecule has 104 valence electrons. The van der Waals surface area contributed by atoms with E-state index in [-0.39, 0.29) is 5.97 Å². The largest absolute Gasteiger partial charge is 0.462 e. The molecule has 1 aromatic heterocycles. The van der Waals surface area contributed by atoms with E-state index < -0.39 is 0 Å². The molecule has 0 amide bonds. The molecule has 1 N–H and O–H groups in total. The van der Waals surface area contributed by atoms with Gasteiger partial charge in [-0.25, -0.2) is 4.79 Å². The number of rotatable bonds is 5. The van der Waals surface area contributed by atoms with Crippen LogP contribution in [0.25, 0.3) is 0 Å². The first-order chi connectivity index (χ1) is 9.19. The number of nitrogens with zero attached hydrogens (tertiary/aromatic N) is 1. The summed E-state index contributed by atoms with van der Waals surface area (Å²) in [6.07, 6.45) is 5.27. The second-order valence-electron chi connectivity index (χ2n) is 4.96. The third kappa shape index (κ3) is 2.72. The molecule has 0 unspecified atom stereocenters. The van der Waals surface area contributed by atoms with Gasteiger partial charge < -0.3 is 9.30 Å². The number of carbonyl (C=O) groups is 1. The van der Waals surface area contributed by atoms with Crippen molar-refractivity contribution in [1.29, 1.82) is 5.41 Å². The number of nitrogens with one attached hydrogen (secondary N) is 1. The van der Waals surface area contributed by atoms with Gasteiger partial charge in [0.15, 0.2) is 0 Å². The Morgan fingerprint density at radius 3 is 2.89 bits per heavy atom. The Hall–Kier alpha value is -1.58. The van der Waals surface area contributed by atoms with E-state index in [0.717, 1.165) is 38.6 Å². The van der Waals surface area contributed by atoms with Crippen LogP contribution < -0.4 is 5.49 Å². The second kappa shape index (κ2) is 6.04. The molecule has 4 heteroatoms. The third-order valence-corrected chi connectivity index (χ3v) is 3.63. The first kappa shape index (κ1) is 13.8. The fourth-order valence-corrected chi connectivity index (χ4v) is 2.67. The van der Waals surface area contributed by atoms with E-state index in [1.165, 1.54) is 11.3 Å². The van der Waals surface area contributed by atoms with Gasteiger partial charge in [-0.2, -0.15) is 0 Å². The summed E-state index contributed by atoms with van der Waals surface area (Å²) < 4.78 is 7.07. The van der Waals surface area contributed by atoms with Gasteiger partial charge in [-0.15, -0.1) is 0 Å². The lowest BCUT2D eigenvalue weighted by molar-refractivity contribution is 0.0522. The van der Waals surface area contributed by atoms with Crippen molar-refractivity contribution in [1.82, 2.24) is 4.57 Å². The van der Waals surface area contributed by atoms with E-state index in [1.54, 1.807) is 6.92 Å². The maximum atomic E-state index is 11.9. The highest BCUT2D eigenvalue weighted by atomic mass is 16.5. The number of pyridine rings is 1. The standard InChI is InChI=1S/C15H22N2O2/c1-3-5-9-17-13-8-6-7-11(13)10-12(14(17)16)15(18)19-4-2/h10,16H,3-9H2,1-2H3. The Kier molecular flexibility index (Phi) is 4.40. The zero-order chi connectivity index (χ0) is 13.8. The predicted octanol–water partition coefficient (Wildman–Crippen LogP) is 2.43. The van der Waals surface area contributed by atoms with Crippen molar-refractivity contribution in [3.8, 4) is 0 Å². The minimum absolute atomic E-state index is 0.313. The number of carbonyl (C=O) groups excluding carboxylic acids is 1. The summed E-state index contributed by atoms with van der Waals surface area (Å²) in [5.41, 5.74) is 3.19. The first-order valence-corrected chi connectivity index (χ1v) is 7.16. The maximum absolute atomic E-state index is 11.9. The van der Waals surface area contributed by atoms with Gasteiger partial charge in [-0.05, 0) is 44.2 Å². The number of aryl methyl sites for hydroxylation is 1. The Balaban J connectivity index is 2.46. The highest BCUT2D eigenvalue weighted by Gasteiger charge is 2.20. The van der Waals surface area contributed by atoms with Crippen LogP contribution in [0.5, 0.6) is 0 Å². The van der Waals surface area contributed by atoms with E-state index in [2.05, 4.69) is 6.92 Å². The molecule has 0 fully saturated rings. The van der Waals surface area contributed by atoms with Gasteiger partial charge in [-0.3, -0.25) is 5.41 Å². The van der Waals surface area contributed by atoms with Crippen molar-refractivity contribution in [3.63, 3.8) is 0 Å². The number of ether oxygens (including phenoxy) is 1. The Labute approximate surface area is 113 Å². The number of aromatic nitrogens is 1. The lowest BCUT2D eigenvalue weighted by Gasteiger charge is -2.15.